The Morgan fingerprint density at radius 1 is 1.48 bits per heavy atom. The number of halogens is 2. The van der Waals surface area contributed by atoms with Crippen LogP contribution in [-0.2, 0) is 4.79 Å². The van der Waals surface area contributed by atoms with Gasteiger partial charge in [0.25, 0.3) is 0 Å². The number of piperidine rings is 1. The van der Waals surface area contributed by atoms with E-state index in [1.807, 2.05) is 4.90 Å². The normalized spacial score (nSPS) is 15.9. The van der Waals surface area contributed by atoms with Crippen molar-refractivity contribution in [3.05, 3.63) is 28.0 Å². The Morgan fingerprint density at radius 3 is 2.62 bits per heavy atom. The van der Waals surface area contributed by atoms with E-state index in [0.29, 0.717) is 28.8 Å². The highest BCUT2D eigenvalue weighted by Crippen LogP contribution is 2.31. The molecule has 4 nitrogen and oxygen atoms in total. The minimum Gasteiger partial charge on any atom is -0.389 e. The maximum atomic E-state index is 14.4. The lowest BCUT2D eigenvalue weighted by Gasteiger charge is -2.34. The molecule has 3 N–H and O–H groups in total. The number of carbonyl (C=O) groups excluding carboxylic acids is 1. The van der Waals surface area contributed by atoms with Crippen LogP contribution in [0, 0.1) is 5.82 Å². The summed E-state index contributed by atoms with van der Waals surface area (Å²) in [5.74, 6) is -0.374. The largest absolute Gasteiger partial charge is 0.389 e. The highest BCUT2D eigenvalue weighted by molar-refractivity contribution is 9.10. The average molecular weight is 374 g/mol. The number of nitrogens with one attached hydrogen (secondary N) is 1. The molecule has 1 heterocycles. The first-order chi connectivity index (χ1) is 9.90. The fourth-order valence-corrected chi connectivity index (χ4v) is 3.38. The van der Waals surface area contributed by atoms with Gasteiger partial charge in [-0.15, -0.1) is 0 Å². The lowest BCUT2D eigenvalue weighted by molar-refractivity contribution is -0.119. The molecule has 1 aliphatic rings. The number of nitrogens with zero attached hydrogens (tertiary/aromatic N) is 1. The van der Waals surface area contributed by atoms with Crippen LogP contribution in [-0.4, -0.2) is 30.0 Å². The highest BCUT2D eigenvalue weighted by Gasteiger charge is 2.23. The molecule has 0 saturated carbocycles. The smallest absolute Gasteiger partial charge is 0.217 e. The lowest BCUT2D eigenvalue weighted by Crippen LogP contribution is -2.44. The van der Waals surface area contributed by atoms with Gasteiger partial charge in [-0.25, -0.2) is 4.39 Å². The molecule has 1 fully saturated rings. The Morgan fingerprint density at radius 2 is 2.10 bits per heavy atom. The lowest BCUT2D eigenvalue weighted by atomic mass is 10.0. The zero-order valence-electron chi connectivity index (χ0n) is 11.7. The molecule has 1 aromatic carbocycles. The molecule has 0 spiro atoms. The molecule has 2 rings (SSSR count). The SMILES string of the molecule is CC(=O)NC1CCN(c2ccc(C(N)=S)c(Br)c2F)CC1. The molecule has 1 amide bonds. The van der Waals surface area contributed by atoms with Crippen molar-refractivity contribution in [1.82, 2.24) is 5.32 Å². The Balaban J connectivity index is 2.12. The van der Waals surface area contributed by atoms with E-state index >= 15 is 0 Å². The summed E-state index contributed by atoms with van der Waals surface area (Å²) in [6.07, 6.45) is 1.60. The molecule has 0 radical (unpaired) electrons. The minimum atomic E-state index is -0.349. The molecular formula is C14H17BrFN3OS. The minimum absolute atomic E-state index is 0.0248. The van der Waals surface area contributed by atoms with E-state index in [1.165, 1.54) is 6.92 Å². The van der Waals surface area contributed by atoms with Crippen LogP contribution in [0.15, 0.2) is 16.6 Å². The molecule has 1 saturated heterocycles. The van der Waals surface area contributed by atoms with E-state index < -0.39 is 0 Å². The van der Waals surface area contributed by atoms with E-state index in [0.717, 1.165) is 12.8 Å². The van der Waals surface area contributed by atoms with Crippen LogP contribution >= 0.6 is 28.1 Å². The van der Waals surface area contributed by atoms with E-state index in [-0.39, 0.29) is 22.8 Å². The number of nitrogens with two attached hydrogens (primary N) is 1. The molecule has 0 bridgehead atoms. The number of rotatable bonds is 3. The van der Waals surface area contributed by atoms with Crippen molar-refractivity contribution in [2.24, 2.45) is 5.73 Å². The third-order valence-electron chi connectivity index (χ3n) is 3.57. The van der Waals surface area contributed by atoms with E-state index in [4.69, 9.17) is 18.0 Å². The molecule has 0 aromatic heterocycles. The number of benzene rings is 1. The summed E-state index contributed by atoms with van der Waals surface area (Å²) in [6, 6.07) is 3.60. The Kier molecular flexibility index (Phi) is 5.16. The molecule has 0 atom stereocenters. The summed E-state index contributed by atoms with van der Waals surface area (Å²) in [4.78, 5) is 13.2. The predicted octanol–water partition coefficient (Wildman–Crippen LogP) is 2.33. The van der Waals surface area contributed by atoms with Gasteiger partial charge in [0.1, 0.15) is 4.99 Å². The van der Waals surface area contributed by atoms with Crippen molar-refractivity contribution in [3.8, 4) is 0 Å². The van der Waals surface area contributed by atoms with Crippen molar-refractivity contribution in [2.45, 2.75) is 25.8 Å². The van der Waals surface area contributed by atoms with Crippen molar-refractivity contribution in [2.75, 3.05) is 18.0 Å². The third kappa shape index (κ3) is 3.71. The van der Waals surface area contributed by atoms with Gasteiger partial charge in [0.2, 0.25) is 5.91 Å². The standard InChI is InChI=1S/C14H17BrFN3OS/c1-8(20)18-9-4-6-19(7-5-9)11-3-2-10(14(17)21)12(15)13(11)16/h2-3,9H,4-7H2,1H3,(H2,17,21)(H,18,20). The number of hydrogen-bond donors (Lipinski definition) is 2. The Labute approximate surface area is 137 Å². The molecule has 0 aliphatic carbocycles. The third-order valence-corrected chi connectivity index (χ3v) is 4.57. The molecule has 114 valence electrons. The molecule has 1 aromatic rings. The molecule has 7 heteroatoms. The van der Waals surface area contributed by atoms with Gasteiger partial charge in [-0.2, -0.15) is 0 Å². The maximum Gasteiger partial charge on any atom is 0.217 e. The number of thiocarbonyl (C=S) groups is 1. The van der Waals surface area contributed by atoms with Gasteiger partial charge in [0.15, 0.2) is 5.82 Å². The van der Waals surface area contributed by atoms with Crippen molar-refractivity contribution >= 4 is 44.7 Å². The van der Waals surface area contributed by atoms with Crippen LogP contribution in [0.25, 0.3) is 0 Å². The summed E-state index contributed by atoms with van der Waals surface area (Å²) in [6.45, 7) is 2.90. The zero-order chi connectivity index (χ0) is 15.6. The van der Waals surface area contributed by atoms with Crippen LogP contribution < -0.4 is 16.0 Å². The monoisotopic (exact) mass is 373 g/mol. The molecule has 21 heavy (non-hydrogen) atoms. The predicted molar refractivity (Wildman–Crippen MR) is 89.0 cm³/mol. The van der Waals surface area contributed by atoms with Gasteiger partial charge in [0, 0.05) is 31.6 Å². The quantitative estimate of drug-likeness (QED) is 0.798. The fraction of sp³-hybridized carbons (Fsp3) is 0.429. The van der Waals surface area contributed by atoms with E-state index in [1.54, 1.807) is 12.1 Å². The summed E-state index contributed by atoms with van der Waals surface area (Å²) in [7, 11) is 0. The van der Waals surface area contributed by atoms with Crippen LogP contribution in [0.5, 0.6) is 0 Å². The van der Waals surface area contributed by atoms with Crippen molar-refractivity contribution < 1.29 is 9.18 Å². The topological polar surface area (TPSA) is 58.4 Å². The number of amides is 1. The van der Waals surface area contributed by atoms with Crippen LogP contribution in [0.4, 0.5) is 10.1 Å². The van der Waals surface area contributed by atoms with Gasteiger partial charge in [-0.05, 0) is 40.9 Å². The number of anilines is 1. The molecule has 1 aliphatic heterocycles. The second-order valence-electron chi connectivity index (χ2n) is 5.09. The summed E-state index contributed by atoms with van der Waals surface area (Å²) < 4.78 is 14.7. The second-order valence-corrected chi connectivity index (χ2v) is 6.32. The van der Waals surface area contributed by atoms with Gasteiger partial charge in [0.05, 0.1) is 10.2 Å². The van der Waals surface area contributed by atoms with Crippen LogP contribution in [0.2, 0.25) is 0 Å². The first-order valence-electron chi connectivity index (χ1n) is 6.70. The first kappa shape index (κ1) is 16.2. The van der Waals surface area contributed by atoms with Crippen LogP contribution in [0.3, 0.4) is 0 Å². The first-order valence-corrected chi connectivity index (χ1v) is 7.90. The average Bonchev–Trinajstić information content (AvgIpc) is 2.42. The van der Waals surface area contributed by atoms with Crippen molar-refractivity contribution in [1.29, 1.82) is 0 Å². The number of hydrogen-bond acceptors (Lipinski definition) is 3. The van der Waals surface area contributed by atoms with Crippen LogP contribution in [0.1, 0.15) is 25.3 Å². The maximum absolute atomic E-state index is 14.4. The zero-order valence-corrected chi connectivity index (χ0v) is 14.1. The Bertz CT molecular complexity index is 574. The van der Waals surface area contributed by atoms with Gasteiger partial charge < -0.3 is 16.0 Å². The second kappa shape index (κ2) is 6.70. The Hall–Kier alpha value is -1.21. The van der Waals surface area contributed by atoms with E-state index in [9.17, 15) is 9.18 Å². The summed E-state index contributed by atoms with van der Waals surface area (Å²) >= 11 is 8.11. The number of carbonyl (C=O) groups is 1. The summed E-state index contributed by atoms with van der Waals surface area (Å²) in [5, 5.41) is 2.90. The molecule has 0 unspecified atom stereocenters. The van der Waals surface area contributed by atoms with E-state index in [2.05, 4.69) is 21.2 Å². The fourth-order valence-electron chi connectivity index (χ4n) is 2.53. The van der Waals surface area contributed by atoms with Gasteiger partial charge >= 0.3 is 0 Å². The molecular weight excluding hydrogens is 357 g/mol. The summed E-state index contributed by atoms with van der Waals surface area (Å²) in [5.41, 5.74) is 6.59. The van der Waals surface area contributed by atoms with Gasteiger partial charge in [-0.1, -0.05) is 12.2 Å². The van der Waals surface area contributed by atoms with Gasteiger partial charge in [-0.3, -0.25) is 4.79 Å². The van der Waals surface area contributed by atoms with Crippen molar-refractivity contribution in [3.63, 3.8) is 0 Å². The highest BCUT2D eigenvalue weighted by atomic mass is 79.9.